The molecule has 0 radical (unpaired) electrons. The number of aryl methyl sites for hydroxylation is 2. The summed E-state index contributed by atoms with van der Waals surface area (Å²) in [6.45, 7) is 0. The standard InChI is InChI=1S/C22H19N3O3S2/c26-20-13-29-21(15-7-9-18(10-8-15)25(27)28)24(20)22-23-19(12-30-22)17-6-5-14-3-1-2-4-16(14)11-17/h5-12,21H,1-4,13H2/t21-/m0/s1. The van der Waals surface area contributed by atoms with Crippen molar-refractivity contribution in [3.8, 4) is 11.3 Å². The molecule has 8 heteroatoms. The number of non-ortho nitro benzene ring substituents is 1. The molecule has 1 amide bonds. The Morgan fingerprint density at radius 2 is 1.83 bits per heavy atom. The first-order valence-electron chi connectivity index (χ1n) is 9.86. The zero-order valence-electron chi connectivity index (χ0n) is 16.1. The number of anilines is 1. The molecular formula is C22H19N3O3S2. The molecular weight excluding hydrogens is 418 g/mol. The second-order valence-electron chi connectivity index (χ2n) is 7.48. The van der Waals surface area contributed by atoms with Crippen molar-refractivity contribution in [3.63, 3.8) is 0 Å². The molecule has 0 bridgehead atoms. The smallest absolute Gasteiger partial charge is 0.269 e. The van der Waals surface area contributed by atoms with Crippen LogP contribution in [0, 0.1) is 10.1 Å². The summed E-state index contributed by atoms with van der Waals surface area (Å²) in [6, 6.07) is 13.0. The van der Waals surface area contributed by atoms with Crippen molar-refractivity contribution in [2.24, 2.45) is 0 Å². The summed E-state index contributed by atoms with van der Waals surface area (Å²) in [6.07, 6.45) is 4.75. The number of amides is 1. The minimum atomic E-state index is -0.416. The van der Waals surface area contributed by atoms with Gasteiger partial charge in [0.2, 0.25) is 5.91 Å². The second kappa shape index (κ2) is 7.85. The summed E-state index contributed by atoms with van der Waals surface area (Å²) in [5.41, 5.74) is 5.72. The van der Waals surface area contributed by atoms with Crippen molar-refractivity contribution in [1.29, 1.82) is 0 Å². The number of aromatic nitrogens is 1. The van der Waals surface area contributed by atoms with Crippen LogP contribution in [-0.4, -0.2) is 21.6 Å². The first kappa shape index (κ1) is 19.3. The fourth-order valence-corrected chi connectivity index (χ4v) is 6.14. The van der Waals surface area contributed by atoms with E-state index < -0.39 is 4.92 Å². The highest BCUT2D eigenvalue weighted by atomic mass is 32.2. The number of thiazole rings is 1. The second-order valence-corrected chi connectivity index (χ2v) is 9.39. The van der Waals surface area contributed by atoms with Gasteiger partial charge in [-0.15, -0.1) is 23.1 Å². The minimum Gasteiger partial charge on any atom is -0.273 e. The van der Waals surface area contributed by atoms with Gasteiger partial charge in [-0.05, 0) is 60.6 Å². The van der Waals surface area contributed by atoms with E-state index in [-0.39, 0.29) is 17.0 Å². The van der Waals surface area contributed by atoms with Gasteiger partial charge in [-0.1, -0.05) is 12.1 Å². The van der Waals surface area contributed by atoms with Crippen LogP contribution in [-0.2, 0) is 17.6 Å². The number of nitrogens with zero attached hydrogens (tertiary/aromatic N) is 3. The van der Waals surface area contributed by atoms with Gasteiger partial charge in [-0.25, -0.2) is 4.98 Å². The lowest BCUT2D eigenvalue weighted by Gasteiger charge is -2.21. The van der Waals surface area contributed by atoms with Crippen LogP contribution in [0.3, 0.4) is 0 Å². The van der Waals surface area contributed by atoms with Gasteiger partial charge >= 0.3 is 0 Å². The number of hydrogen-bond donors (Lipinski definition) is 0. The maximum atomic E-state index is 12.6. The van der Waals surface area contributed by atoms with Crippen molar-refractivity contribution in [2.75, 3.05) is 10.7 Å². The van der Waals surface area contributed by atoms with Crippen LogP contribution in [0.5, 0.6) is 0 Å². The Kier molecular flexibility index (Phi) is 5.04. The topological polar surface area (TPSA) is 76.3 Å². The predicted octanol–water partition coefficient (Wildman–Crippen LogP) is 5.38. The summed E-state index contributed by atoms with van der Waals surface area (Å²) in [5, 5.41) is 13.4. The number of benzene rings is 2. The molecule has 1 aliphatic heterocycles. The monoisotopic (exact) mass is 437 g/mol. The molecule has 5 rings (SSSR count). The quantitative estimate of drug-likeness (QED) is 0.405. The molecule has 2 aromatic carbocycles. The van der Waals surface area contributed by atoms with Gasteiger partial charge < -0.3 is 0 Å². The van der Waals surface area contributed by atoms with E-state index >= 15 is 0 Å². The summed E-state index contributed by atoms with van der Waals surface area (Å²) in [5.74, 6) is 0.379. The highest BCUT2D eigenvalue weighted by Crippen LogP contribution is 2.44. The Hall–Kier alpha value is -2.71. The number of fused-ring (bicyclic) bond motifs is 1. The lowest BCUT2D eigenvalue weighted by atomic mass is 9.90. The molecule has 1 aliphatic carbocycles. The molecule has 0 saturated carbocycles. The van der Waals surface area contributed by atoms with Gasteiger partial charge in [0.05, 0.1) is 16.4 Å². The fourth-order valence-electron chi connectivity index (χ4n) is 4.04. The Morgan fingerprint density at radius 1 is 1.07 bits per heavy atom. The molecule has 1 atom stereocenters. The van der Waals surface area contributed by atoms with Gasteiger partial charge in [-0.3, -0.25) is 19.8 Å². The molecule has 2 heterocycles. The van der Waals surface area contributed by atoms with Crippen molar-refractivity contribution in [1.82, 2.24) is 4.98 Å². The van der Waals surface area contributed by atoms with Crippen molar-refractivity contribution in [2.45, 2.75) is 31.1 Å². The third-order valence-electron chi connectivity index (χ3n) is 5.60. The molecule has 1 aromatic heterocycles. The maximum Gasteiger partial charge on any atom is 0.269 e. The van der Waals surface area contributed by atoms with E-state index in [1.165, 1.54) is 59.2 Å². The zero-order valence-corrected chi connectivity index (χ0v) is 17.7. The van der Waals surface area contributed by atoms with E-state index in [0.717, 1.165) is 29.7 Å². The van der Waals surface area contributed by atoms with Crippen LogP contribution >= 0.6 is 23.1 Å². The minimum absolute atomic E-state index is 0.00898. The first-order valence-corrected chi connectivity index (χ1v) is 11.8. The fraction of sp³-hybridized carbons (Fsp3) is 0.273. The van der Waals surface area contributed by atoms with E-state index in [4.69, 9.17) is 4.98 Å². The van der Waals surface area contributed by atoms with Crippen molar-refractivity contribution < 1.29 is 9.72 Å². The molecule has 1 saturated heterocycles. The van der Waals surface area contributed by atoms with E-state index in [0.29, 0.717) is 10.9 Å². The summed E-state index contributed by atoms with van der Waals surface area (Å²) < 4.78 is 0. The largest absolute Gasteiger partial charge is 0.273 e. The van der Waals surface area contributed by atoms with E-state index in [1.807, 2.05) is 5.38 Å². The lowest BCUT2D eigenvalue weighted by Crippen LogP contribution is -2.27. The first-order chi connectivity index (χ1) is 14.6. The van der Waals surface area contributed by atoms with Gasteiger partial charge in [0.1, 0.15) is 5.37 Å². The molecule has 152 valence electrons. The third kappa shape index (κ3) is 3.50. The Morgan fingerprint density at radius 3 is 2.60 bits per heavy atom. The Labute approximate surface area is 182 Å². The number of nitro groups is 1. The summed E-state index contributed by atoms with van der Waals surface area (Å²) in [7, 11) is 0. The van der Waals surface area contributed by atoms with E-state index in [2.05, 4.69) is 18.2 Å². The molecule has 0 N–H and O–H groups in total. The highest BCUT2D eigenvalue weighted by Gasteiger charge is 2.36. The third-order valence-corrected chi connectivity index (χ3v) is 7.65. The maximum absolute atomic E-state index is 12.6. The number of hydrogen-bond acceptors (Lipinski definition) is 6. The Bertz CT molecular complexity index is 1130. The number of carbonyl (C=O) groups excluding carboxylic acids is 1. The number of carbonyl (C=O) groups is 1. The lowest BCUT2D eigenvalue weighted by molar-refractivity contribution is -0.384. The van der Waals surface area contributed by atoms with E-state index in [1.54, 1.807) is 17.0 Å². The predicted molar refractivity (Wildman–Crippen MR) is 120 cm³/mol. The molecule has 2 aliphatic rings. The average Bonchev–Trinajstić information content (AvgIpc) is 3.40. The number of nitro benzene ring substituents is 1. The van der Waals surface area contributed by atoms with Crippen LogP contribution in [0.1, 0.15) is 34.9 Å². The van der Waals surface area contributed by atoms with E-state index in [9.17, 15) is 14.9 Å². The molecule has 1 fully saturated rings. The SMILES string of the molecule is O=C1CS[C@@H](c2ccc([N+](=O)[O-])cc2)N1c1nc(-c2ccc3c(c2)CCCC3)cs1. The summed E-state index contributed by atoms with van der Waals surface area (Å²) >= 11 is 2.98. The molecule has 3 aromatic rings. The highest BCUT2D eigenvalue weighted by molar-refractivity contribution is 8.00. The van der Waals surface area contributed by atoms with Crippen LogP contribution in [0.15, 0.2) is 47.8 Å². The van der Waals surface area contributed by atoms with Crippen LogP contribution in [0.25, 0.3) is 11.3 Å². The Balaban J connectivity index is 1.44. The van der Waals surface area contributed by atoms with Crippen LogP contribution < -0.4 is 4.90 Å². The van der Waals surface area contributed by atoms with Crippen molar-refractivity contribution in [3.05, 3.63) is 74.6 Å². The van der Waals surface area contributed by atoms with Crippen molar-refractivity contribution >= 4 is 39.8 Å². The van der Waals surface area contributed by atoms with Gasteiger partial charge in [0.25, 0.3) is 5.69 Å². The average molecular weight is 438 g/mol. The summed E-state index contributed by atoms with van der Waals surface area (Å²) in [4.78, 5) is 29.7. The number of rotatable bonds is 4. The van der Waals surface area contributed by atoms with Gasteiger partial charge in [-0.2, -0.15) is 0 Å². The molecule has 6 nitrogen and oxygen atoms in total. The molecule has 0 spiro atoms. The molecule has 0 unspecified atom stereocenters. The molecule has 30 heavy (non-hydrogen) atoms. The number of thioether (sulfide) groups is 1. The van der Waals surface area contributed by atoms with Crippen LogP contribution in [0.2, 0.25) is 0 Å². The normalized spacial score (nSPS) is 18.5. The van der Waals surface area contributed by atoms with Crippen LogP contribution in [0.4, 0.5) is 10.8 Å². The van der Waals surface area contributed by atoms with Gasteiger partial charge in [0.15, 0.2) is 5.13 Å². The zero-order chi connectivity index (χ0) is 20.7. The van der Waals surface area contributed by atoms with Gasteiger partial charge in [0, 0.05) is 23.1 Å².